The van der Waals surface area contributed by atoms with Crippen molar-refractivity contribution in [2.45, 2.75) is 25.7 Å². The third-order valence-electron chi connectivity index (χ3n) is 3.45. The maximum absolute atomic E-state index is 12.1. The van der Waals surface area contributed by atoms with E-state index in [4.69, 9.17) is 0 Å². The van der Waals surface area contributed by atoms with Gasteiger partial charge in [0.2, 0.25) is 0 Å². The largest absolute Gasteiger partial charge is 0.318 e. The number of thioether (sulfide) groups is 1. The first-order valence-electron chi connectivity index (χ1n) is 7.25. The molecule has 0 unspecified atom stereocenters. The summed E-state index contributed by atoms with van der Waals surface area (Å²) in [7, 11) is 0. The van der Waals surface area contributed by atoms with Gasteiger partial charge in [0.25, 0.3) is 0 Å². The molecular formula is C18H20N2O2S. The predicted molar refractivity (Wildman–Crippen MR) is 96.1 cm³/mol. The first kappa shape index (κ1) is 17.1. The molecule has 0 spiro atoms. The molecule has 0 radical (unpaired) electrons. The highest BCUT2D eigenvalue weighted by atomic mass is 32.2. The average Bonchev–Trinajstić information content (AvgIpc) is 2.50. The monoisotopic (exact) mass is 328 g/mol. The van der Waals surface area contributed by atoms with E-state index in [9.17, 15) is 9.59 Å². The van der Waals surface area contributed by atoms with E-state index in [1.807, 2.05) is 57.4 Å². The number of nitrogens with one attached hydrogen (secondary N) is 2. The second-order valence-electron chi connectivity index (χ2n) is 5.41. The van der Waals surface area contributed by atoms with E-state index in [2.05, 4.69) is 10.6 Å². The number of amides is 2. The number of benzene rings is 2. The number of hydrogen-bond acceptors (Lipinski definition) is 3. The molecule has 2 amide bonds. The molecule has 0 atom stereocenters. The number of carbonyl (C=O) groups excluding carboxylic acids is 2. The molecule has 2 aromatic rings. The maximum Gasteiger partial charge on any atom is 0.314 e. The summed E-state index contributed by atoms with van der Waals surface area (Å²) >= 11 is 1.57. The van der Waals surface area contributed by atoms with Gasteiger partial charge in [0.1, 0.15) is 0 Å². The Morgan fingerprint density at radius 1 is 0.913 bits per heavy atom. The Hall–Kier alpha value is -2.27. The quantitative estimate of drug-likeness (QED) is 0.663. The van der Waals surface area contributed by atoms with Crippen LogP contribution in [0.15, 0.2) is 41.3 Å². The third kappa shape index (κ3) is 4.36. The molecule has 0 aromatic heterocycles. The van der Waals surface area contributed by atoms with E-state index >= 15 is 0 Å². The number of aryl methyl sites for hydroxylation is 3. The van der Waals surface area contributed by atoms with Crippen molar-refractivity contribution in [3.8, 4) is 0 Å². The van der Waals surface area contributed by atoms with Crippen LogP contribution in [0.4, 0.5) is 11.4 Å². The summed E-state index contributed by atoms with van der Waals surface area (Å²) in [5.74, 6) is -1.35. The lowest BCUT2D eigenvalue weighted by Crippen LogP contribution is -2.29. The summed E-state index contributed by atoms with van der Waals surface area (Å²) in [6.07, 6.45) is 1.95. The fraction of sp³-hybridized carbons (Fsp3) is 0.222. The van der Waals surface area contributed by atoms with Gasteiger partial charge in [0.05, 0.1) is 0 Å². The van der Waals surface area contributed by atoms with Gasteiger partial charge < -0.3 is 10.6 Å². The van der Waals surface area contributed by atoms with Gasteiger partial charge in [-0.1, -0.05) is 23.8 Å². The minimum absolute atomic E-state index is 0.606. The van der Waals surface area contributed by atoms with Gasteiger partial charge in [0.15, 0.2) is 0 Å². The number of rotatable bonds is 3. The second kappa shape index (κ2) is 7.33. The van der Waals surface area contributed by atoms with Gasteiger partial charge in [-0.05, 0) is 56.4 Å². The molecule has 0 saturated heterocycles. The van der Waals surface area contributed by atoms with Gasteiger partial charge in [-0.3, -0.25) is 9.59 Å². The molecule has 4 nitrogen and oxygen atoms in total. The first-order chi connectivity index (χ1) is 10.9. The minimum atomic E-state index is -0.678. The molecule has 2 N–H and O–H groups in total. The van der Waals surface area contributed by atoms with Crippen LogP contribution in [0.1, 0.15) is 16.7 Å². The predicted octanol–water partition coefficient (Wildman–Crippen LogP) is 3.91. The SMILES string of the molecule is CSc1cccc(NC(=O)C(=O)Nc2c(C)cc(C)cc2C)c1. The molecule has 0 aliphatic heterocycles. The summed E-state index contributed by atoms with van der Waals surface area (Å²) in [5.41, 5.74) is 4.29. The molecule has 5 heteroatoms. The van der Waals surface area contributed by atoms with Crippen LogP contribution in [0.5, 0.6) is 0 Å². The Morgan fingerprint density at radius 2 is 1.52 bits per heavy atom. The molecule has 2 aromatic carbocycles. The number of anilines is 2. The fourth-order valence-electron chi connectivity index (χ4n) is 2.44. The Labute approximate surface area is 140 Å². The van der Waals surface area contributed by atoms with E-state index in [1.165, 1.54) is 0 Å². The summed E-state index contributed by atoms with van der Waals surface area (Å²) < 4.78 is 0. The number of carbonyl (C=O) groups is 2. The lowest BCUT2D eigenvalue weighted by atomic mass is 10.1. The molecular weight excluding hydrogens is 308 g/mol. The zero-order chi connectivity index (χ0) is 17.0. The van der Waals surface area contributed by atoms with Gasteiger partial charge >= 0.3 is 11.8 Å². The van der Waals surface area contributed by atoms with Crippen LogP contribution in [-0.4, -0.2) is 18.1 Å². The topological polar surface area (TPSA) is 58.2 Å². The van der Waals surface area contributed by atoms with Crippen LogP contribution in [0, 0.1) is 20.8 Å². The van der Waals surface area contributed by atoms with Crippen LogP contribution in [0.2, 0.25) is 0 Å². The van der Waals surface area contributed by atoms with Crippen molar-refractivity contribution in [1.82, 2.24) is 0 Å². The van der Waals surface area contributed by atoms with E-state index in [0.29, 0.717) is 11.4 Å². The Balaban J connectivity index is 2.10. The van der Waals surface area contributed by atoms with Gasteiger partial charge in [-0.15, -0.1) is 11.8 Å². The maximum atomic E-state index is 12.1. The fourth-order valence-corrected chi connectivity index (χ4v) is 2.90. The molecule has 2 rings (SSSR count). The van der Waals surface area contributed by atoms with Crippen molar-refractivity contribution in [2.24, 2.45) is 0 Å². The standard InChI is InChI=1S/C18H20N2O2S/c1-11-8-12(2)16(13(3)9-11)20-18(22)17(21)19-14-6-5-7-15(10-14)23-4/h5-10H,1-4H3,(H,19,21)(H,20,22). The van der Waals surface area contributed by atoms with E-state index in [0.717, 1.165) is 21.6 Å². The van der Waals surface area contributed by atoms with Crippen molar-refractivity contribution < 1.29 is 9.59 Å². The van der Waals surface area contributed by atoms with Gasteiger partial charge in [0, 0.05) is 16.3 Å². The molecule has 0 aliphatic carbocycles. The third-order valence-corrected chi connectivity index (χ3v) is 4.17. The lowest BCUT2D eigenvalue weighted by molar-refractivity contribution is -0.133. The van der Waals surface area contributed by atoms with Crippen molar-refractivity contribution in [2.75, 3.05) is 16.9 Å². The zero-order valence-corrected chi connectivity index (χ0v) is 14.5. The van der Waals surface area contributed by atoms with Crippen LogP contribution in [0.3, 0.4) is 0 Å². The molecule has 0 fully saturated rings. The molecule has 0 bridgehead atoms. The summed E-state index contributed by atoms with van der Waals surface area (Å²) in [5, 5.41) is 5.32. The molecule has 23 heavy (non-hydrogen) atoms. The van der Waals surface area contributed by atoms with E-state index < -0.39 is 11.8 Å². The van der Waals surface area contributed by atoms with Crippen LogP contribution in [0.25, 0.3) is 0 Å². The summed E-state index contributed by atoms with van der Waals surface area (Å²) in [4.78, 5) is 25.2. The van der Waals surface area contributed by atoms with Crippen molar-refractivity contribution >= 4 is 35.0 Å². The molecule has 0 saturated carbocycles. The smallest absolute Gasteiger partial charge is 0.314 e. The normalized spacial score (nSPS) is 10.3. The van der Waals surface area contributed by atoms with E-state index in [1.54, 1.807) is 17.8 Å². The van der Waals surface area contributed by atoms with Crippen LogP contribution < -0.4 is 10.6 Å². The van der Waals surface area contributed by atoms with Crippen molar-refractivity contribution in [1.29, 1.82) is 0 Å². The van der Waals surface area contributed by atoms with Crippen LogP contribution in [-0.2, 0) is 9.59 Å². The summed E-state index contributed by atoms with van der Waals surface area (Å²) in [6, 6.07) is 11.3. The van der Waals surface area contributed by atoms with E-state index in [-0.39, 0.29) is 0 Å². The number of hydrogen-bond donors (Lipinski definition) is 2. The highest BCUT2D eigenvalue weighted by molar-refractivity contribution is 7.98. The average molecular weight is 328 g/mol. The summed E-state index contributed by atoms with van der Waals surface area (Å²) in [6.45, 7) is 5.82. The van der Waals surface area contributed by atoms with Gasteiger partial charge in [-0.2, -0.15) is 0 Å². The molecule has 0 heterocycles. The van der Waals surface area contributed by atoms with Crippen molar-refractivity contribution in [3.05, 3.63) is 53.1 Å². The Bertz CT molecular complexity index is 733. The van der Waals surface area contributed by atoms with Gasteiger partial charge in [-0.25, -0.2) is 0 Å². The highest BCUT2D eigenvalue weighted by Gasteiger charge is 2.16. The molecule has 0 aliphatic rings. The molecule has 120 valence electrons. The zero-order valence-electron chi connectivity index (χ0n) is 13.7. The Morgan fingerprint density at radius 3 is 2.13 bits per heavy atom. The van der Waals surface area contributed by atoms with Crippen LogP contribution >= 0.6 is 11.8 Å². The Kier molecular flexibility index (Phi) is 5.45. The first-order valence-corrected chi connectivity index (χ1v) is 8.47. The minimum Gasteiger partial charge on any atom is -0.318 e. The second-order valence-corrected chi connectivity index (χ2v) is 6.29. The van der Waals surface area contributed by atoms with Crippen molar-refractivity contribution in [3.63, 3.8) is 0 Å². The lowest BCUT2D eigenvalue weighted by Gasteiger charge is -2.13. The highest BCUT2D eigenvalue weighted by Crippen LogP contribution is 2.22.